The Bertz CT molecular complexity index is 521. The van der Waals surface area contributed by atoms with E-state index in [2.05, 4.69) is 16.0 Å². The van der Waals surface area contributed by atoms with Crippen LogP contribution in [-0.2, 0) is 4.79 Å². The molecule has 1 aromatic rings. The number of hydrogen-bond donors (Lipinski definition) is 3. The molecule has 1 fully saturated rings. The van der Waals surface area contributed by atoms with Crippen molar-refractivity contribution >= 4 is 24.2 Å². The second-order valence-electron chi connectivity index (χ2n) is 5.41. The topological polar surface area (TPSA) is 79.5 Å². The van der Waals surface area contributed by atoms with Crippen LogP contribution in [0.3, 0.4) is 0 Å². The van der Waals surface area contributed by atoms with Crippen LogP contribution in [0.2, 0.25) is 0 Å². The van der Waals surface area contributed by atoms with Gasteiger partial charge in [-0.05, 0) is 43.5 Å². The van der Waals surface area contributed by atoms with Crippen molar-refractivity contribution in [3.8, 4) is 5.75 Å². The maximum atomic E-state index is 11.9. The fourth-order valence-corrected chi connectivity index (χ4v) is 2.02. The Morgan fingerprint density at radius 1 is 1.22 bits per heavy atom. The molecule has 0 aliphatic heterocycles. The zero-order chi connectivity index (χ0) is 15.8. The number of rotatable bonds is 9. The Kier molecular flexibility index (Phi) is 8.43. The quantitative estimate of drug-likeness (QED) is 0.585. The summed E-state index contributed by atoms with van der Waals surface area (Å²) in [5, 5.41) is 8.65. The molecule has 23 heavy (non-hydrogen) atoms. The van der Waals surface area contributed by atoms with Gasteiger partial charge in [0.2, 0.25) is 5.91 Å². The van der Waals surface area contributed by atoms with Crippen LogP contribution < -0.4 is 20.7 Å². The summed E-state index contributed by atoms with van der Waals surface area (Å²) in [5.74, 6) is 1.17. The highest BCUT2D eigenvalue weighted by molar-refractivity contribution is 5.94. The lowest BCUT2D eigenvalue weighted by molar-refractivity contribution is -0.120. The van der Waals surface area contributed by atoms with Crippen molar-refractivity contribution < 1.29 is 14.3 Å². The zero-order valence-corrected chi connectivity index (χ0v) is 14.1. The summed E-state index contributed by atoms with van der Waals surface area (Å²) in [6, 6.07) is 6.95. The van der Waals surface area contributed by atoms with Gasteiger partial charge in [0, 0.05) is 18.7 Å². The summed E-state index contributed by atoms with van der Waals surface area (Å²) >= 11 is 0. The number of hydrogen-bond acceptors (Lipinski definition) is 4. The van der Waals surface area contributed by atoms with Crippen molar-refractivity contribution in [1.29, 1.82) is 0 Å². The van der Waals surface area contributed by atoms with Crippen molar-refractivity contribution in [2.24, 2.45) is 5.92 Å². The minimum Gasteiger partial charge on any atom is -0.497 e. The van der Waals surface area contributed by atoms with Crippen LogP contribution >= 0.6 is 12.4 Å². The van der Waals surface area contributed by atoms with Gasteiger partial charge in [-0.3, -0.25) is 9.59 Å². The van der Waals surface area contributed by atoms with E-state index in [1.54, 1.807) is 31.4 Å². The van der Waals surface area contributed by atoms with Gasteiger partial charge in [0.25, 0.3) is 5.91 Å². The summed E-state index contributed by atoms with van der Waals surface area (Å²) in [6.45, 7) is 2.06. The van der Waals surface area contributed by atoms with Crippen LogP contribution in [0.5, 0.6) is 5.75 Å². The molecule has 6 nitrogen and oxygen atoms in total. The summed E-state index contributed by atoms with van der Waals surface area (Å²) in [5.41, 5.74) is 0.539. The van der Waals surface area contributed by atoms with Gasteiger partial charge in [-0.2, -0.15) is 0 Å². The van der Waals surface area contributed by atoms with Gasteiger partial charge >= 0.3 is 0 Å². The predicted octanol–water partition coefficient (Wildman–Crippen LogP) is 0.963. The number of amides is 2. The molecule has 0 aromatic heterocycles. The third kappa shape index (κ3) is 7.34. The van der Waals surface area contributed by atoms with Crippen molar-refractivity contribution in [1.82, 2.24) is 16.0 Å². The van der Waals surface area contributed by atoms with Crippen LogP contribution in [0.1, 0.15) is 23.2 Å². The van der Waals surface area contributed by atoms with Gasteiger partial charge in [-0.15, -0.1) is 12.4 Å². The molecule has 0 unspecified atom stereocenters. The number of methoxy groups -OCH3 is 1. The molecule has 7 heteroatoms. The fourth-order valence-electron chi connectivity index (χ4n) is 2.02. The molecule has 2 amide bonds. The highest BCUT2D eigenvalue weighted by Gasteiger charge is 2.20. The normalized spacial score (nSPS) is 12.9. The Morgan fingerprint density at radius 2 is 1.96 bits per heavy atom. The maximum absolute atomic E-state index is 11.9. The first-order valence-electron chi connectivity index (χ1n) is 7.58. The minimum absolute atomic E-state index is 0. The highest BCUT2D eigenvalue weighted by atomic mass is 35.5. The molecule has 1 saturated carbocycles. The first-order chi connectivity index (χ1) is 10.7. The van der Waals surface area contributed by atoms with Gasteiger partial charge in [0.05, 0.1) is 13.7 Å². The van der Waals surface area contributed by atoms with Crippen LogP contribution in [0, 0.1) is 5.92 Å². The lowest BCUT2D eigenvalue weighted by Crippen LogP contribution is -2.39. The van der Waals surface area contributed by atoms with Gasteiger partial charge < -0.3 is 20.7 Å². The summed E-state index contributed by atoms with van der Waals surface area (Å²) < 4.78 is 5.08. The summed E-state index contributed by atoms with van der Waals surface area (Å²) in [4.78, 5) is 23.5. The average Bonchev–Trinajstić information content (AvgIpc) is 3.35. The predicted molar refractivity (Wildman–Crippen MR) is 91.2 cm³/mol. The lowest BCUT2D eigenvalue weighted by Gasteiger charge is -2.08. The van der Waals surface area contributed by atoms with Crippen molar-refractivity contribution in [2.75, 3.05) is 33.3 Å². The molecule has 0 radical (unpaired) electrons. The van der Waals surface area contributed by atoms with E-state index in [1.807, 2.05) is 0 Å². The van der Waals surface area contributed by atoms with E-state index in [4.69, 9.17) is 4.74 Å². The van der Waals surface area contributed by atoms with E-state index in [-0.39, 0.29) is 24.2 Å². The largest absolute Gasteiger partial charge is 0.497 e. The van der Waals surface area contributed by atoms with Crippen LogP contribution in [0.15, 0.2) is 24.3 Å². The van der Waals surface area contributed by atoms with E-state index in [1.165, 1.54) is 12.8 Å². The fraction of sp³-hybridized carbons (Fsp3) is 0.500. The molecule has 1 aliphatic carbocycles. The smallest absolute Gasteiger partial charge is 0.251 e. The maximum Gasteiger partial charge on any atom is 0.251 e. The third-order valence-corrected chi connectivity index (χ3v) is 3.48. The number of benzene rings is 1. The first kappa shape index (κ1) is 19.3. The molecule has 0 saturated heterocycles. The first-order valence-corrected chi connectivity index (χ1v) is 7.58. The molecular weight excluding hydrogens is 318 g/mol. The van der Waals surface area contributed by atoms with Crippen LogP contribution in [0.25, 0.3) is 0 Å². The SMILES string of the molecule is COc1cccc(C(=O)NCCNC(=O)CNCC2CC2)c1.Cl. The molecule has 1 aliphatic rings. The van der Waals surface area contributed by atoms with Crippen LogP contribution in [0.4, 0.5) is 0 Å². The standard InChI is InChI=1S/C16H23N3O3.ClH/c1-22-14-4-2-3-13(9-14)16(21)19-8-7-18-15(20)11-17-10-12-5-6-12;/h2-4,9,12,17H,5-8,10-11H2,1H3,(H,18,20)(H,19,21);1H. The molecule has 1 aromatic carbocycles. The average molecular weight is 342 g/mol. The number of nitrogens with one attached hydrogen (secondary N) is 3. The Hall–Kier alpha value is -1.79. The molecule has 0 heterocycles. The second kappa shape index (κ2) is 10.1. The monoisotopic (exact) mass is 341 g/mol. The molecular formula is C16H24ClN3O3. The van der Waals surface area contributed by atoms with Gasteiger partial charge in [-0.1, -0.05) is 6.07 Å². The minimum atomic E-state index is -0.181. The highest BCUT2D eigenvalue weighted by Crippen LogP contribution is 2.27. The molecule has 3 N–H and O–H groups in total. The Balaban J connectivity index is 0.00000264. The molecule has 0 atom stereocenters. The number of halogens is 1. The number of carbonyl (C=O) groups is 2. The Morgan fingerprint density at radius 3 is 2.65 bits per heavy atom. The van der Waals surface area contributed by atoms with Crippen molar-refractivity contribution in [3.05, 3.63) is 29.8 Å². The van der Waals surface area contributed by atoms with E-state index in [9.17, 15) is 9.59 Å². The van der Waals surface area contributed by atoms with Crippen molar-refractivity contribution in [2.45, 2.75) is 12.8 Å². The molecule has 0 bridgehead atoms. The van der Waals surface area contributed by atoms with E-state index >= 15 is 0 Å². The number of ether oxygens (including phenoxy) is 1. The molecule has 128 valence electrons. The van der Waals surface area contributed by atoms with Gasteiger partial charge in [-0.25, -0.2) is 0 Å². The van der Waals surface area contributed by atoms with Gasteiger partial charge in [0.15, 0.2) is 0 Å². The van der Waals surface area contributed by atoms with E-state index < -0.39 is 0 Å². The van der Waals surface area contributed by atoms with Crippen molar-refractivity contribution in [3.63, 3.8) is 0 Å². The van der Waals surface area contributed by atoms with Crippen LogP contribution in [-0.4, -0.2) is 45.1 Å². The summed E-state index contributed by atoms with van der Waals surface area (Å²) in [6.07, 6.45) is 2.54. The van der Waals surface area contributed by atoms with Gasteiger partial charge in [0.1, 0.15) is 5.75 Å². The second-order valence-corrected chi connectivity index (χ2v) is 5.41. The third-order valence-electron chi connectivity index (χ3n) is 3.48. The van der Waals surface area contributed by atoms with E-state index in [0.717, 1.165) is 12.5 Å². The summed E-state index contributed by atoms with van der Waals surface area (Å²) in [7, 11) is 1.56. The lowest BCUT2D eigenvalue weighted by atomic mass is 10.2. The molecule has 0 spiro atoms. The number of carbonyl (C=O) groups excluding carboxylic acids is 2. The van der Waals surface area contributed by atoms with E-state index in [0.29, 0.717) is 30.9 Å². The zero-order valence-electron chi connectivity index (χ0n) is 13.3. The molecule has 2 rings (SSSR count). The Labute approximate surface area is 142 Å².